The van der Waals surface area contributed by atoms with Gasteiger partial charge in [0.25, 0.3) is 5.91 Å². The summed E-state index contributed by atoms with van der Waals surface area (Å²) in [5, 5.41) is 2.72. The predicted molar refractivity (Wildman–Crippen MR) is 118 cm³/mol. The van der Waals surface area contributed by atoms with Gasteiger partial charge in [0.1, 0.15) is 11.5 Å². The summed E-state index contributed by atoms with van der Waals surface area (Å²) in [6.45, 7) is 1.89. The van der Waals surface area contributed by atoms with Crippen molar-refractivity contribution < 1.29 is 14.0 Å². The molecule has 2 aromatic heterocycles. The summed E-state index contributed by atoms with van der Waals surface area (Å²) >= 11 is 1.55. The molecule has 9 heteroatoms. The SMILES string of the molecule is O=C(Nc1cccc(F)c1)N1CCCN(C(=O)c2cn3c(n2)sc2ccccc23)CC1. The monoisotopic (exact) mass is 437 g/mol. The minimum Gasteiger partial charge on any atom is -0.335 e. The van der Waals surface area contributed by atoms with Gasteiger partial charge in [-0.2, -0.15) is 0 Å². The van der Waals surface area contributed by atoms with E-state index in [4.69, 9.17) is 0 Å². The summed E-state index contributed by atoms with van der Waals surface area (Å²) in [6.07, 6.45) is 2.45. The Hall–Kier alpha value is -3.46. The van der Waals surface area contributed by atoms with Crippen molar-refractivity contribution in [2.24, 2.45) is 0 Å². The number of para-hydroxylation sites is 1. The number of amides is 3. The van der Waals surface area contributed by atoms with Crippen LogP contribution in [-0.2, 0) is 0 Å². The Morgan fingerprint density at radius 2 is 1.81 bits per heavy atom. The van der Waals surface area contributed by atoms with Crippen molar-refractivity contribution >= 4 is 44.1 Å². The Balaban J connectivity index is 1.27. The second-order valence-corrected chi connectivity index (χ2v) is 8.43. The summed E-state index contributed by atoms with van der Waals surface area (Å²) in [5.41, 5.74) is 1.85. The molecule has 0 saturated carbocycles. The second kappa shape index (κ2) is 7.99. The van der Waals surface area contributed by atoms with Crippen LogP contribution in [0.25, 0.3) is 15.2 Å². The molecule has 0 spiro atoms. The molecule has 1 aliphatic rings. The average Bonchev–Trinajstić information content (AvgIpc) is 3.21. The number of benzene rings is 2. The zero-order chi connectivity index (χ0) is 21.4. The Morgan fingerprint density at radius 3 is 2.68 bits per heavy atom. The molecule has 1 aliphatic heterocycles. The molecule has 0 atom stereocenters. The minimum absolute atomic E-state index is 0.132. The van der Waals surface area contributed by atoms with E-state index in [0.29, 0.717) is 44.0 Å². The molecule has 0 radical (unpaired) electrons. The molecule has 3 amide bonds. The van der Waals surface area contributed by atoms with Gasteiger partial charge in [-0.3, -0.25) is 9.20 Å². The number of imidazole rings is 1. The van der Waals surface area contributed by atoms with Crippen LogP contribution >= 0.6 is 11.3 Å². The van der Waals surface area contributed by atoms with Crippen LogP contribution in [0, 0.1) is 5.82 Å². The zero-order valence-electron chi connectivity index (χ0n) is 16.6. The van der Waals surface area contributed by atoms with Crippen molar-refractivity contribution in [3.63, 3.8) is 0 Å². The van der Waals surface area contributed by atoms with Crippen molar-refractivity contribution in [3.05, 3.63) is 66.2 Å². The van der Waals surface area contributed by atoms with E-state index in [9.17, 15) is 14.0 Å². The van der Waals surface area contributed by atoms with E-state index in [2.05, 4.69) is 10.3 Å². The number of thiazole rings is 1. The smallest absolute Gasteiger partial charge is 0.321 e. The van der Waals surface area contributed by atoms with Gasteiger partial charge in [-0.15, -0.1) is 0 Å². The second-order valence-electron chi connectivity index (χ2n) is 7.42. The number of urea groups is 1. The van der Waals surface area contributed by atoms with Gasteiger partial charge in [-0.1, -0.05) is 29.5 Å². The van der Waals surface area contributed by atoms with E-state index in [1.54, 1.807) is 39.5 Å². The third-order valence-electron chi connectivity index (χ3n) is 5.36. The first kappa shape index (κ1) is 19.5. The zero-order valence-corrected chi connectivity index (χ0v) is 17.4. The Labute approximate surface area is 181 Å². The molecule has 5 rings (SSSR count). The lowest BCUT2D eigenvalue weighted by atomic mass is 10.3. The molecule has 1 saturated heterocycles. The van der Waals surface area contributed by atoms with E-state index >= 15 is 0 Å². The average molecular weight is 438 g/mol. The molecule has 0 bridgehead atoms. The highest BCUT2D eigenvalue weighted by atomic mass is 32.1. The number of carbonyl (C=O) groups is 2. The summed E-state index contributed by atoms with van der Waals surface area (Å²) in [5.74, 6) is -0.537. The third kappa shape index (κ3) is 3.84. The number of rotatable bonds is 2. The van der Waals surface area contributed by atoms with E-state index in [1.165, 1.54) is 12.1 Å². The van der Waals surface area contributed by atoms with Gasteiger partial charge in [-0.25, -0.2) is 14.2 Å². The summed E-state index contributed by atoms with van der Waals surface area (Å²) in [7, 11) is 0. The first-order valence-corrected chi connectivity index (χ1v) is 10.9. The summed E-state index contributed by atoms with van der Waals surface area (Å²) < 4.78 is 16.4. The van der Waals surface area contributed by atoms with Gasteiger partial charge < -0.3 is 15.1 Å². The number of fused-ring (bicyclic) bond motifs is 3. The molecule has 1 fully saturated rings. The maximum atomic E-state index is 13.3. The molecule has 0 unspecified atom stereocenters. The first-order valence-electron chi connectivity index (χ1n) is 10.1. The maximum absolute atomic E-state index is 13.3. The van der Waals surface area contributed by atoms with E-state index in [1.807, 2.05) is 28.7 Å². The Bertz CT molecular complexity index is 1280. The van der Waals surface area contributed by atoms with Gasteiger partial charge in [-0.05, 0) is 36.8 Å². The maximum Gasteiger partial charge on any atom is 0.321 e. The van der Waals surface area contributed by atoms with E-state index < -0.39 is 5.82 Å². The number of carbonyl (C=O) groups excluding carboxylic acids is 2. The van der Waals surface area contributed by atoms with Gasteiger partial charge in [0, 0.05) is 38.1 Å². The van der Waals surface area contributed by atoms with Gasteiger partial charge >= 0.3 is 6.03 Å². The highest BCUT2D eigenvalue weighted by molar-refractivity contribution is 7.23. The van der Waals surface area contributed by atoms with Gasteiger partial charge in [0.15, 0.2) is 4.96 Å². The minimum atomic E-state index is -0.404. The van der Waals surface area contributed by atoms with E-state index in [-0.39, 0.29) is 11.9 Å². The number of aromatic nitrogens is 2. The molecule has 158 valence electrons. The first-order chi connectivity index (χ1) is 15.1. The van der Waals surface area contributed by atoms with Crippen LogP contribution in [0.1, 0.15) is 16.9 Å². The standard InChI is InChI=1S/C22H20FN5O2S/c23-15-5-3-6-16(13-15)24-21(30)27-10-4-9-26(11-12-27)20(29)17-14-28-18-7-1-2-8-19(18)31-22(28)25-17/h1-3,5-8,13-14H,4,9-12H2,(H,24,30). The largest absolute Gasteiger partial charge is 0.335 e. The predicted octanol–water partition coefficient (Wildman–Crippen LogP) is 4.07. The molecule has 3 heterocycles. The van der Waals surface area contributed by atoms with Crippen LogP contribution in [-0.4, -0.2) is 57.3 Å². The summed E-state index contributed by atoms with van der Waals surface area (Å²) in [4.78, 5) is 34.3. The number of anilines is 1. The number of hydrogen-bond acceptors (Lipinski definition) is 4. The van der Waals surface area contributed by atoms with Crippen LogP contribution in [0.4, 0.5) is 14.9 Å². The van der Waals surface area contributed by atoms with Crippen LogP contribution in [0.15, 0.2) is 54.7 Å². The molecule has 31 heavy (non-hydrogen) atoms. The van der Waals surface area contributed by atoms with Crippen molar-refractivity contribution in [2.45, 2.75) is 6.42 Å². The Kier molecular flexibility index (Phi) is 5.03. The number of nitrogens with one attached hydrogen (secondary N) is 1. The van der Waals surface area contributed by atoms with Crippen molar-refractivity contribution in [1.29, 1.82) is 0 Å². The third-order valence-corrected chi connectivity index (χ3v) is 6.40. The molecular formula is C22H20FN5O2S. The molecule has 7 nitrogen and oxygen atoms in total. The lowest BCUT2D eigenvalue weighted by Gasteiger charge is -2.22. The number of nitrogens with zero attached hydrogens (tertiary/aromatic N) is 4. The molecular weight excluding hydrogens is 417 g/mol. The topological polar surface area (TPSA) is 70.0 Å². The van der Waals surface area contributed by atoms with Gasteiger partial charge in [0.2, 0.25) is 0 Å². The quantitative estimate of drug-likeness (QED) is 0.514. The Morgan fingerprint density at radius 1 is 1.00 bits per heavy atom. The molecule has 1 N–H and O–H groups in total. The normalized spacial score (nSPS) is 14.7. The van der Waals surface area contributed by atoms with Crippen LogP contribution < -0.4 is 5.32 Å². The lowest BCUT2D eigenvalue weighted by molar-refractivity contribution is 0.0757. The van der Waals surface area contributed by atoms with Gasteiger partial charge in [0.05, 0.1) is 10.2 Å². The number of hydrogen-bond donors (Lipinski definition) is 1. The molecule has 4 aromatic rings. The van der Waals surface area contributed by atoms with Crippen molar-refractivity contribution in [3.8, 4) is 0 Å². The van der Waals surface area contributed by atoms with Crippen molar-refractivity contribution in [1.82, 2.24) is 19.2 Å². The van der Waals surface area contributed by atoms with E-state index in [0.717, 1.165) is 15.2 Å². The fourth-order valence-corrected chi connectivity index (χ4v) is 4.81. The van der Waals surface area contributed by atoms with Crippen LogP contribution in [0.3, 0.4) is 0 Å². The fourth-order valence-electron chi connectivity index (χ4n) is 3.81. The van der Waals surface area contributed by atoms with Crippen LogP contribution in [0.5, 0.6) is 0 Å². The fraction of sp³-hybridized carbons (Fsp3) is 0.227. The highest BCUT2D eigenvalue weighted by Gasteiger charge is 2.25. The highest BCUT2D eigenvalue weighted by Crippen LogP contribution is 2.26. The van der Waals surface area contributed by atoms with Crippen LogP contribution in [0.2, 0.25) is 0 Å². The summed E-state index contributed by atoms with van der Waals surface area (Å²) in [6, 6.07) is 13.5. The van der Waals surface area contributed by atoms with Crippen molar-refractivity contribution in [2.75, 3.05) is 31.5 Å². The number of halogens is 1. The lowest BCUT2D eigenvalue weighted by Crippen LogP contribution is -2.39. The molecule has 2 aromatic carbocycles. The molecule has 0 aliphatic carbocycles.